The third kappa shape index (κ3) is 4.97. The Kier molecular flexibility index (Phi) is 6.74. The molecular weight excluding hydrogens is 260 g/mol. The van der Waals surface area contributed by atoms with Crippen molar-refractivity contribution in [3.05, 3.63) is 23.3 Å². The van der Waals surface area contributed by atoms with E-state index < -0.39 is 0 Å². The van der Waals surface area contributed by atoms with Gasteiger partial charge in [-0.15, -0.1) is 0 Å². The summed E-state index contributed by atoms with van der Waals surface area (Å²) in [6, 6.07) is 3.09. The van der Waals surface area contributed by atoms with E-state index in [2.05, 4.69) is 0 Å². The summed E-state index contributed by atoms with van der Waals surface area (Å²) in [5.74, 6) is 0.250. The lowest BCUT2D eigenvalue weighted by Gasteiger charge is -2.19. The van der Waals surface area contributed by atoms with Gasteiger partial charge in [-0.1, -0.05) is 0 Å². The Morgan fingerprint density at radius 3 is 1.45 bits per heavy atom. The van der Waals surface area contributed by atoms with Crippen LogP contribution in [0.3, 0.4) is 0 Å². The van der Waals surface area contributed by atoms with Crippen molar-refractivity contribution in [1.82, 2.24) is 9.80 Å². The van der Waals surface area contributed by atoms with Gasteiger partial charge in [0, 0.05) is 37.3 Å². The van der Waals surface area contributed by atoms with Gasteiger partial charge in [0.25, 0.3) is 0 Å². The van der Waals surface area contributed by atoms with Crippen molar-refractivity contribution in [2.75, 3.05) is 40.4 Å². The quantitative estimate of drug-likeness (QED) is 0.501. The normalized spacial score (nSPS) is 11.5. The van der Waals surface area contributed by atoms with Crippen LogP contribution in [0.1, 0.15) is 11.1 Å². The summed E-state index contributed by atoms with van der Waals surface area (Å²) in [6.07, 6.45) is 0. The fraction of sp³-hybridized carbons (Fsp3) is 0.571. The second kappa shape index (κ2) is 8.06. The van der Waals surface area contributed by atoms with Crippen molar-refractivity contribution in [2.24, 2.45) is 0 Å². The summed E-state index contributed by atoms with van der Waals surface area (Å²) < 4.78 is 0. The molecule has 6 heteroatoms. The summed E-state index contributed by atoms with van der Waals surface area (Å²) in [4.78, 5) is 3.71. The monoisotopic (exact) mass is 284 g/mol. The van der Waals surface area contributed by atoms with Crippen LogP contribution >= 0.6 is 0 Å². The van der Waals surface area contributed by atoms with Gasteiger partial charge < -0.3 is 20.4 Å². The number of nitrogens with zero attached hydrogens (tertiary/aromatic N) is 2. The number of benzene rings is 1. The van der Waals surface area contributed by atoms with Gasteiger partial charge in [0.1, 0.15) is 11.5 Å². The highest BCUT2D eigenvalue weighted by atomic mass is 16.3. The molecule has 20 heavy (non-hydrogen) atoms. The van der Waals surface area contributed by atoms with Gasteiger partial charge in [-0.3, -0.25) is 9.80 Å². The van der Waals surface area contributed by atoms with Crippen LogP contribution in [0.2, 0.25) is 0 Å². The smallest absolute Gasteiger partial charge is 0.120 e. The van der Waals surface area contributed by atoms with Crippen LogP contribution in [-0.4, -0.2) is 70.6 Å². The molecule has 0 saturated heterocycles. The van der Waals surface area contributed by atoms with E-state index in [-0.39, 0.29) is 24.7 Å². The molecule has 1 rings (SSSR count). The van der Waals surface area contributed by atoms with E-state index in [1.165, 1.54) is 0 Å². The molecule has 0 saturated carbocycles. The molecule has 1 aromatic rings. The molecule has 0 radical (unpaired) electrons. The first-order valence-corrected chi connectivity index (χ1v) is 6.60. The second-order valence-corrected chi connectivity index (χ2v) is 5.03. The summed E-state index contributed by atoms with van der Waals surface area (Å²) in [5, 5.41) is 37.7. The standard InChI is InChI=1S/C14H24N2O4/c1-15(3-5-17)9-11-7-14(20)12(8-13(11)19)10-16(2)4-6-18/h7-8,17-20H,3-6,9-10H2,1-2H3. The Labute approximate surface area is 119 Å². The second-order valence-electron chi connectivity index (χ2n) is 5.03. The first-order valence-electron chi connectivity index (χ1n) is 6.60. The van der Waals surface area contributed by atoms with E-state index >= 15 is 0 Å². The van der Waals surface area contributed by atoms with Gasteiger partial charge in [0.2, 0.25) is 0 Å². The zero-order valence-electron chi connectivity index (χ0n) is 12.1. The molecule has 0 aromatic heterocycles. The van der Waals surface area contributed by atoms with Crippen molar-refractivity contribution >= 4 is 0 Å². The van der Waals surface area contributed by atoms with E-state index in [1.807, 2.05) is 23.9 Å². The molecule has 0 unspecified atom stereocenters. The molecular formula is C14H24N2O4. The van der Waals surface area contributed by atoms with Crippen LogP contribution in [0.5, 0.6) is 11.5 Å². The maximum Gasteiger partial charge on any atom is 0.120 e. The van der Waals surface area contributed by atoms with E-state index in [0.717, 1.165) is 0 Å². The third-order valence-corrected chi connectivity index (χ3v) is 3.12. The minimum atomic E-state index is 0.0489. The van der Waals surface area contributed by atoms with Crippen molar-refractivity contribution in [2.45, 2.75) is 13.1 Å². The number of phenolic OH excluding ortho intramolecular Hbond substituents is 2. The zero-order chi connectivity index (χ0) is 15.1. The summed E-state index contributed by atoms with van der Waals surface area (Å²) in [5.41, 5.74) is 1.24. The SMILES string of the molecule is CN(CCO)Cc1cc(O)c(CN(C)CCO)cc1O. The minimum absolute atomic E-state index is 0.0489. The fourth-order valence-electron chi connectivity index (χ4n) is 2.00. The van der Waals surface area contributed by atoms with Gasteiger partial charge >= 0.3 is 0 Å². The van der Waals surface area contributed by atoms with Gasteiger partial charge in [-0.05, 0) is 26.2 Å². The average molecular weight is 284 g/mol. The Balaban J connectivity index is 2.80. The van der Waals surface area contributed by atoms with Crippen LogP contribution in [0.25, 0.3) is 0 Å². The lowest BCUT2D eigenvalue weighted by Crippen LogP contribution is -2.22. The molecule has 0 spiro atoms. The highest BCUT2D eigenvalue weighted by Crippen LogP contribution is 2.28. The maximum absolute atomic E-state index is 10.0. The molecule has 0 amide bonds. The van der Waals surface area contributed by atoms with Gasteiger partial charge in [-0.25, -0.2) is 0 Å². The minimum Gasteiger partial charge on any atom is -0.508 e. The molecule has 0 bridgehead atoms. The lowest BCUT2D eigenvalue weighted by molar-refractivity contribution is 0.214. The number of likely N-dealkylation sites (N-methyl/N-ethyl adjacent to an activating group) is 2. The molecule has 0 aliphatic rings. The van der Waals surface area contributed by atoms with Crippen molar-refractivity contribution in [3.8, 4) is 11.5 Å². The molecule has 114 valence electrons. The van der Waals surface area contributed by atoms with Crippen LogP contribution in [0.4, 0.5) is 0 Å². The average Bonchev–Trinajstić information content (AvgIpc) is 2.36. The summed E-state index contributed by atoms with van der Waals surface area (Å²) in [7, 11) is 3.66. The van der Waals surface area contributed by atoms with Crippen LogP contribution in [0, 0.1) is 0 Å². The molecule has 6 nitrogen and oxygen atoms in total. The summed E-state index contributed by atoms with van der Waals surface area (Å²) in [6.45, 7) is 2.00. The zero-order valence-corrected chi connectivity index (χ0v) is 12.1. The van der Waals surface area contributed by atoms with E-state index in [0.29, 0.717) is 37.3 Å². The topological polar surface area (TPSA) is 87.4 Å². The number of hydrogen-bond acceptors (Lipinski definition) is 6. The molecule has 0 heterocycles. The van der Waals surface area contributed by atoms with Gasteiger partial charge in [0.15, 0.2) is 0 Å². The lowest BCUT2D eigenvalue weighted by atomic mass is 10.1. The largest absolute Gasteiger partial charge is 0.508 e. The number of aliphatic hydroxyl groups excluding tert-OH is 2. The van der Waals surface area contributed by atoms with Gasteiger partial charge in [-0.2, -0.15) is 0 Å². The third-order valence-electron chi connectivity index (χ3n) is 3.12. The predicted molar refractivity (Wildman–Crippen MR) is 76.6 cm³/mol. The predicted octanol–water partition coefficient (Wildman–Crippen LogP) is -0.0540. The number of phenols is 2. The number of hydrogen-bond donors (Lipinski definition) is 4. The first-order chi connectivity index (χ1) is 9.47. The van der Waals surface area contributed by atoms with E-state index in [1.54, 1.807) is 12.1 Å². The highest BCUT2D eigenvalue weighted by molar-refractivity contribution is 5.45. The van der Waals surface area contributed by atoms with Crippen molar-refractivity contribution in [3.63, 3.8) is 0 Å². The van der Waals surface area contributed by atoms with Crippen LogP contribution in [-0.2, 0) is 13.1 Å². The Morgan fingerprint density at radius 2 is 1.15 bits per heavy atom. The van der Waals surface area contributed by atoms with Crippen LogP contribution < -0.4 is 0 Å². The van der Waals surface area contributed by atoms with Gasteiger partial charge in [0.05, 0.1) is 13.2 Å². The highest BCUT2D eigenvalue weighted by Gasteiger charge is 2.12. The van der Waals surface area contributed by atoms with Crippen molar-refractivity contribution < 1.29 is 20.4 Å². The fourth-order valence-corrected chi connectivity index (χ4v) is 2.00. The Hall–Kier alpha value is -1.34. The van der Waals surface area contributed by atoms with E-state index in [9.17, 15) is 10.2 Å². The Morgan fingerprint density at radius 1 is 0.800 bits per heavy atom. The van der Waals surface area contributed by atoms with Crippen LogP contribution in [0.15, 0.2) is 12.1 Å². The van der Waals surface area contributed by atoms with E-state index in [4.69, 9.17) is 10.2 Å². The number of aromatic hydroxyl groups is 2. The van der Waals surface area contributed by atoms with Crippen molar-refractivity contribution in [1.29, 1.82) is 0 Å². The molecule has 0 aliphatic heterocycles. The maximum atomic E-state index is 10.0. The summed E-state index contributed by atoms with van der Waals surface area (Å²) >= 11 is 0. The molecule has 4 N–H and O–H groups in total. The molecule has 0 fully saturated rings. The molecule has 1 aromatic carbocycles. The number of rotatable bonds is 8. The molecule has 0 atom stereocenters. The first kappa shape index (κ1) is 16.7. The molecule has 0 aliphatic carbocycles. The Bertz CT molecular complexity index is 386. The number of aliphatic hydroxyl groups is 2.